The third kappa shape index (κ3) is 2.05. The first-order valence-electron chi connectivity index (χ1n) is 6.39. The molecule has 0 bridgehead atoms. The molecule has 0 aliphatic carbocycles. The number of aryl methyl sites for hydroxylation is 2. The highest BCUT2D eigenvalue weighted by atomic mass is 79.9. The average molecular weight is 334 g/mol. The second kappa shape index (κ2) is 5.03. The van der Waals surface area contributed by atoms with E-state index >= 15 is 0 Å². The lowest BCUT2D eigenvalue weighted by atomic mass is 10.1. The predicted octanol–water partition coefficient (Wildman–Crippen LogP) is 2.46. The molecule has 2 aromatic heterocycles. The van der Waals surface area contributed by atoms with Gasteiger partial charge in [-0.05, 0) is 35.1 Å². The van der Waals surface area contributed by atoms with Crippen molar-refractivity contribution < 1.29 is 0 Å². The van der Waals surface area contributed by atoms with E-state index in [4.69, 9.17) is 0 Å². The number of nitrogens with one attached hydrogen (secondary N) is 1. The predicted molar refractivity (Wildman–Crippen MR) is 83.4 cm³/mol. The van der Waals surface area contributed by atoms with Gasteiger partial charge in [-0.25, -0.2) is 4.98 Å². The molecule has 6 heteroatoms. The Kier molecular flexibility index (Phi) is 3.35. The molecule has 0 saturated heterocycles. The molecule has 1 N–H and O–H groups in total. The molecule has 20 heavy (non-hydrogen) atoms. The van der Waals surface area contributed by atoms with Gasteiger partial charge in [0.15, 0.2) is 0 Å². The topological polar surface area (TPSA) is 47.7 Å². The first kappa shape index (κ1) is 13.3. The van der Waals surface area contributed by atoms with Gasteiger partial charge in [0.1, 0.15) is 5.69 Å². The van der Waals surface area contributed by atoms with Crippen molar-refractivity contribution in [3.8, 4) is 11.3 Å². The largest absolute Gasteiger partial charge is 0.334 e. The molecule has 3 aromatic rings. The zero-order chi connectivity index (χ0) is 14.3. The number of imidazole rings is 1. The second-order valence-corrected chi connectivity index (χ2v) is 5.62. The van der Waals surface area contributed by atoms with Gasteiger partial charge >= 0.3 is 0 Å². The van der Waals surface area contributed by atoms with Crippen LogP contribution in [0, 0.1) is 0 Å². The fraction of sp³-hybridized carbons (Fsp3) is 0.286. The highest BCUT2D eigenvalue weighted by molar-refractivity contribution is 9.10. The molecule has 5 nitrogen and oxygen atoms in total. The minimum atomic E-state index is 0.774. The second-order valence-electron chi connectivity index (χ2n) is 4.82. The summed E-state index contributed by atoms with van der Waals surface area (Å²) in [7, 11) is 5.88. The van der Waals surface area contributed by atoms with Gasteiger partial charge in [0.05, 0.1) is 27.5 Å². The molecule has 0 saturated carbocycles. The number of nitrogens with zero attached hydrogens (tertiary/aromatic N) is 4. The molecule has 0 radical (unpaired) electrons. The van der Waals surface area contributed by atoms with Crippen molar-refractivity contribution in [2.45, 2.75) is 6.54 Å². The average Bonchev–Trinajstić information content (AvgIpc) is 2.94. The SMILES string of the molecule is CNCc1c(Br)c(-c2ccc3c(c2)ncn3C)nn1C. The summed E-state index contributed by atoms with van der Waals surface area (Å²) in [4.78, 5) is 4.40. The number of hydrogen-bond donors (Lipinski definition) is 1. The molecule has 0 atom stereocenters. The lowest BCUT2D eigenvalue weighted by Crippen LogP contribution is -2.10. The fourth-order valence-corrected chi connectivity index (χ4v) is 3.07. The van der Waals surface area contributed by atoms with E-state index in [0.717, 1.165) is 39.0 Å². The fourth-order valence-electron chi connectivity index (χ4n) is 2.36. The lowest BCUT2D eigenvalue weighted by molar-refractivity contribution is 0.671. The van der Waals surface area contributed by atoms with Crippen LogP contribution in [0.5, 0.6) is 0 Å². The number of benzene rings is 1. The van der Waals surface area contributed by atoms with E-state index in [1.807, 2.05) is 36.7 Å². The Morgan fingerprint density at radius 2 is 2.10 bits per heavy atom. The number of rotatable bonds is 3. The van der Waals surface area contributed by atoms with Gasteiger partial charge in [0, 0.05) is 26.2 Å². The Balaban J connectivity index is 2.13. The molecule has 0 spiro atoms. The zero-order valence-corrected chi connectivity index (χ0v) is 13.3. The molecular formula is C14H16BrN5. The summed E-state index contributed by atoms with van der Waals surface area (Å²) < 4.78 is 4.95. The van der Waals surface area contributed by atoms with Gasteiger partial charge in [0.2, 0.25) is 0 Å². The Hall–Kier alpha value is -1.66. The van der Waals surface area contributed by atoms with Crippen LogP contribution < -0.4 is 5.32 Å². The number of aromatic nitrogens is 4. The molecule has 0 aliphatic rings. The van der Waals surface area contributed by atoms with Crippen LogP contribution in [0.15, 0.2) is 29.0 Å². The quantitative estimate of drug-likeness (QED) is 0.800. The number of halogens is 1. The van der Waals surface area contributed by atoms with Gasteiger partial charge in [-0.15, -0.1) is 0 Å². The van der Waals surface area contributed by atoms with Crippen molar-refractivity contribution >= 4 is 27.0 Å². The van der Waals surface area contributed by atoms with Gasteiger partial charge in [-0.1, -0.05) is 6.07 Å². The van der Waals surface area contributed by atoms with E-state index in [1.54, 1.807) is 0 Å². The van der Waals surface area contributed by atoms with Crippen LogP contribution in [0.4, 0.5) is 0 Å². The highest BCUT2D eigenvalue weighted by Crippen LogP contribution is 2.31. The normalized spacial score (nSPS) is 11.4. The van der Waals surface area contributed by atoms with Gasteiger partial charge in [-0.2, -0.15) is 5.10 Å². The summed E-state index contributed by atoms with van der Waals surface area (Å²) in [6, 6.07) is 6.24. The Morgan fingerprint density at radius 1 is 1.30 bits per heavy atom. The van der Waals surface area contributed by atoms with Crippen molar-refractivity contribution in [3.05, 3.63) is 34.7 Å². The van der Waals surface area contributed by atoms with E-state index in [9.17, 15) is 0 Å². The summed E-state index contributed by atoms with van der Waals surface area (Å²) in [5.74, 6) is 0. The van der Waals surface area contributed by atoms with Crippen LogP contribution in [0.3, 0.4) is 0 Å². The third-order valence-corrected chi connectivity index (χ3v) is 4.28. The Morgan fingerprint density at radius 3 is 2.85 bits per heavy atom. The minimum Gasteiger partial charge on any atom is -0.334 e. The third-order valence-electron chi connectivity index (χ3n) is 3.44. The molecule has 0 amide bonds. The molecule has 0 aliphatic heterocycles. The van der Waals surface area contributed by atoms with E-state index < -0.39 is 0 Å². The van der Waals surface area contributed by atoms with E-state index in [1.165, 1.54) is 0 Å². The minimum absolute atomic E-state index is 0.774. The van der Waals surface area contributed by atoms with E-state index in [2.05, 4.69) is 49.5 Å². The van der Waals surface area contributed by atoms with Gasteiger partial charge < -0.3 is 9.88 Å². The van der Waals surface area contributed by atoms with Crippen molar-refractivity contribution in [1.82, 2.24) is 24.6 Å². The van der Waals surface area contributed by atoms with Crippen LogP contribution in [-0.2, 0) is 20.6 Å². The maximum absolute atomic E-state index is 4.61. The van der Waals surface area contributed by atoms with Crippen molar-refractivity contribution in [1.29, 1.82) is 0 Å². The first-order valence-corrected chi connectivity index (χ1v) is 7.18. The molecule has 3 rings (SSSR count). The Labute approximate surface area is 125 Å². The zero-order valence-electron chi connectivity index (χ0n) is 11.7. The summed E-state index contributed by atoms with van der Waals surface area (Å²) in [6.45, 7) is 0.774. The van der Waals surface area contributed by atoms with Crippen LogP contribution in [0.25, 0.3) is 22.3 Å². The maximum atomic E-state index is 4.61. The lowest BCUT2D eigenvalue weighted by Gasteiger charge is -2.01. The summed E-state index contributed by atoms with van der Waals surface area (Å²) in [5, 5.41) is 7.76. The van der Waals surface area contributed by atoms with Crippen LogP contribution in [-0.4, -0.2) is 26.4 Å². The summed E-state index contributed by atoms with van der Waals surface area (Å²) in [5.41, 5.74) is 5.25. The molecule has 104 valence electrons. The maximum Gasteiger partial charge on any atom is 0.107 e. The monoisotopic (exact) mass is 333 g/mol. The molecule has 2 heterocycles. The molecular weight excluding hydrogens is 318 g/mol. The smallest absolute Gasteiger partial charge is 0.107 e. The van der Waals surface area contributed by atoms with Crippen molar-refractivity contribution in [2.24, 2.45) is 14.1 Å². The Bertz CT molecular complexity index is 771. The van der Waals surface area contributed by atoms with Crippen molar-refractivity contribution in [2.75, 3.05) is 7.05 Å². The van der Waals surface area contributed by atoms with E-state index in [-0.39, 0.29) is 0 Å². The first-order chi connectivity index (χ1) is 9.61. The van der Waals surface area contributed by atoms with Gasteiger partial charge in [0.25, 0.3) is 0 Å². The summed E-state index contributed by atoms with van der Waals surface area (Å²) in [6.07, 6.45) is 1.83. The van der Waals surface area contributed by atoms with Crippen LogP contribution >= 0.6 is 15.9 Å². The molecule has 0 fully saturated rings. The molecule has 1 aromatic carbocycles. The number of hydrogen-bond acceptors (Lipinski definition) is 3. The van der Waals surface area contributed by atoms with Crippen molar-refractivity contribution in [3.63, 3.8) is 0 Å². The summed E-state index contributed by atoms with van der Waals surface area (Å²) >= 11 is 3.66. The van der Waals surface area contributed by atoms with E-state index in [0.29, 0.717) is 0 Å². The standard InChI is InChI=1S/C14H16BrN5/c1-16-7-12-13(15)14(18-20(12)3)9-4-5-11-10(6-9)17-8-19(11)2/h4-6,8,16H,7H2,1-3H3. The molecule has 0 unspecified atom stereocenters. The highest BCUT2D eigenvalue weighted by Gasteiger charge is 2.15. The van der Waals surface area contributed by atoms with Crippen LogP contribution in [0.2, 0.25) is 0 Å². The number of fused-ring (bicyclic) bond motifs is 1. The van der Waals surface area contributed by atoms with Crippen LogP contribution in [0.1, 0.15) is 5.69 Å². The van der Waals surface area contributed by atoms with Gasteiger partial charge in [-0.3, -0.25) is 4.68 Å².